The molecule has 1 amide bonds. The van der Waals surface area contributed by atoms with Crippen LogP contribution in [0.2, 0.25) is 5.02 Å². The minimum absolute atomic E-state index is 0.266. The summed E-state index contributed by atoms with van der Waals surface area (Å²) in [6, 6.07) is 10.9. The lowest BCUT2D eigenvalue weighted by atomic mass is 10.2. The maximum atomic E-state index is 12.4. The number of aryl methyl sites for hydroxylation is 2. The van der Waals surface area contributed by atoms with Crippen LogP contribution in [0.25, 0.3) is 0 Å². The average molecular weight is 368 g/mol. The minimum atomic E-state index is -0.266. The molecule has 0 aliphatic heterocycles. The number of halogens is 1. The summed E-state index contributed by atoms with van der Waals surface area (Å²) in [5.74, 6) is 0.0799. The third kappa shape index (κ3) is 4.55. The number of anilines is 2. The molecule has 7 heteroatoms. The fourth-order valence-corrected chi connectivity index (χ4v) is 2.49. The molecule has 132 valence electrons. The molecule has 3 rings (SSSR count). The van der Waals surface area contributed by atoms with Crippen LogP contribution in [-0.2, 0) is 6.54 Å². The molecule has 0 aliphatic rings. The van der Waals surface area contributed by atoms with E-state index in [9.17, 15) is 4.79 Å². The van der Waals surface area contributed by atoms with Crippen molar-refractivity contribution in [3.63, 3.8) is 0 Å². The summed E-state index contributed by atoms with van der Waals surface area (Å²) >= 11 is 6.14. The Labute approximate surface area is 156 Å². The molecule has 0 saturated heterocycles. The van der Waals surface area contributed by atoms with Crippen LogP contribution in [0.3, 0.4) is 0 Å². The van der Waals surface area contributed by atoms with E-state index in [0.717, 1.165) is 16.8 Å². The van der Waals surface area contributed by atoms with Crippen molar-refractivity contribution in [2.45, 2.75) is 20.4 Å². The Morgan fingerprint density at radius 1 is 1.08 bits per heavy atom. The first-order chi connectivity index (χ1) is 12.5. The zero-order valence-corrected chi connectivity index (χ0v) is 15.2. The Bertz CT molecular complexity index is 930. The molecule has 26 heavy (non-hydrogen) atoms. The number of carbonyl (C=O) groups is 1. The van der Waals surface area contributed by atoms with Crippen LogP contribution < -0.4 is 10.6 Å². The van der Waals surface area contributed by atoms with Crippen LogP contribution in [0.4, 0.5) is 11.6 Å². The molecule has 0 unspecified atom stereocenters. The number of hydrogen-bond acceptors (Lipinski definition) is 5. The lowest BCUT2D eigenvalue weighted by Crippen LogP contribution is -2.24. The van der Waals surface area contributed by atoms with Gasteiger partial charge in [0.25, 0.3) is 5.91 Å². The third-order valence-electron chi connectivity index (χ3n) is 3.72. The maximum Gasteiger partial charge on any atom is 0.270 e. The van der Waals surface area contributed by atoms with Crippen LogP contribution in [-0.4, -0.2) is 20.9 Å². The van der Waals surface area contributed by atoms with Gasteiger partial charge in [0.1, 0.15) is 5.69 Å². The second kappa shape index (κ2) is 7.93. The van der Waals surface area contributed by atoms with E-state index in [1.54, 1.807) is 24.5 Å². The molecule has 1 aromatic carbocycles. The number of nitrogens with one attached hydrogen (secondary N) is 2. The van der Waals surface area contributed by atoms with Crippen molar-refractivity contribution in [2.75, 3.05) is 5.32 Å². The van der Waals surface area contributed by atoms with Gasteiger partial charge in [-0.1, -0.05) is 17.7 Å². The van der Waals surface area contributed by atoms with Gasteiger partial charge in [0.2, 0.25) is 5.95 Å². The molecule has 0 radical (unpaired) electrons. The molecule has 3 aromatic rings. The minimum Gasteiger partial charge on any atom is -0.347 e. The zero-order valence-electron chi connectivity index (χ0n) is 14.5. The smallest absolute Gasteiger partial charge is 0.270 e. The Hall–Kier alpha value is -2.99. The van der Waals surface area contributed by atoms with E-state index in [2.05, 4.69) is 25.6 Å². The first kappa shape index (κ1) is 17.8. The highest BCUT2D eigenvalue weighted by Gasteiger charge is 2.11. The molecule has 2 heterocycles. The highest BCUT2D eigenvalue weighted by molar-refractivity contribution is 6.31. The van der Waals surface area contributed by atoms with Gasteiger partial charge in [-0.05, 0) is 55.3 Å². The molecule has 0 aliphatic carbocycles. The lowest BCUT2D eigenvalue weighted by Gasteiger charge is -2.10. The highest BCUT2D eigenvalue weighted by atomic mass is 35.5. The van der Waals surface area contributed by atoms with E-state index in [1.165, 1.54) is 0 Å². The first-order valence-electron chi connectivity index (χ1n) is 8.07. The maximum absolute atomic E-state index is 12.4. The van der Waals surface area contributed by atoms with Crippen LogP contribution in [0, 0.1) is 13.8 Å². The fraction of sp³-hybridized carbons (Fsp3) is 0.158. The Balaban J connectivity index is 1.74. The molecule has 0 saturated carbocycles. The van der Waals surface area contributed by atoms with Gasteiger partial charge in [-0.25, -0.2) is 9.97 Å². The van der Waals surface area contributed by atoms with Crippen molar-refractivity contribution in [3.8, 4) is 0 Å². The summed E-state index contributed by atoms with van der Waals surface area (Å²) in [6.45, 7) is 4.15. The summed E-state index contributed by atoms with van der Waals surface area (Å²) in [5, 5.41) is 6.58. The summed E-state index contributed by atoms with van der Waals surface area (Å²) in [7, 11) is 0. The number of aromatic nitrogens is 3. The molecular formula is C19H18ClN5O. The van der Waals surface area contributed by atoms with E-state index < -0.39 is 0 Å². The van der Waals surface area contributed by atoms with Gasteiger partial charge in [0.15, 0.2) is 0 Å². The van der Waals surface area contributed by atoms with Gasteiger partial charge in [0.05, 0.1) is 0 Å². The molecule has 0 bridgehead atoms. The standard InChI is InChI=1S/C19H18ClN5O/c1-12-3-4-15(10-16(12)20)24-19-23-13(2)9-17(25-19)18(26)22-11-14-5-7-21-8-6-14/h3-10H,11H2,1-2H3,(H,22,26)(H,23,24,25). The van der Waals surface area contributed by atoms with Crippen molar-refractivity contribution in [1.29, 1.82) is 0 Å². The predicted octanol–water partition coefficient (Wildman–Crippen LogP) is 3.82. The molecule has 0 atom stereocenters. The molecule has 2 aromatic heterocycles. The predicted molar refractivity (Wildman–Crippen MR) is 102 cm³/mol. The van der Waals surface area contributed by atoms with Gasteiger partial charge in [0, 0.05) is 35.3 Å². The summed E-state index contributed by atoms with van der Waals surface area (Å²) < 4.78 is 0. The Morgan fingerprint density at radius 3 is 2.58 bits per heavy atom. The molecule has 6 nitrogen and oxygen atoms in total. The fourth-order valence-electron chi connectivity index (χ4n) is 2.31. The van der Waals surface area contributed by atoms with Crippen molar-refractivity contribution in [1.82, 2.24) is 20.3 Å². The normalized spacial score (nSPS) is 10.4. The molecule has 0 fully saturated rings. The molecular weight excluding hydrogens is 350 g/mol. The second-order valence-corrected chi connectivity index (χ2v) is 6.25. The number of pyridine rings is 1. The van der Waals surface area contributed by atoms with Gasteiger partial charge in [-0.3, -0.25) is 9.78 Å². The Kier molecular flexibility index (Phi) is 5.43. The number of nitrogens with zero attached hydrogens (tertiary/aromatic N) is 3. The number of hydrogen-bond donors (Lipinski definition) is 2. The van der Waals surface area contributed by atoms with Gasteiger partial charge >= 0.3 is 0 Å². The SMILES string of the molecule is Cc1cc(C(=O)NCc2ccncc2)nc(Nc2ccc(C)c(Cl)c2)n1. The largest absolute Gasteiger partial charge is 0.347 e. The number of benzene rings is 1. The lowest BCUT2D eigenvalue weighted by molar-refractivity contribution is 0.0945. The van der Waals surface area contributed by atoms with Gasteiger partial charge < -0.3 is 10.6 Å². The zero-order chi connectivity index (χ0) is 18.5. The van der Waals surface area contributed by atoms with Gasteiger partial charge in [-0.2, -0.15) is 0 Å². The Morgan fingerprint density at radius 2 is 1.85 bits per heavy atom. The van der Waals surface area contributed by atoms with E-state index in [-0.39, 0.29) is 5.91 Å². The summed E-state index contributed by atoms with van der Waals surface area (Å²) in [5.41, 5.74) is 3.70. The second-order valence-electron chi connectivity index (χ2n) is 5.85. The van der Waals surface area contributed by atoms with Crippen molar-refractivity contribution in [2.24, 2.45) is 0 Å². The van der Waals surface area contributed by atoms with Crippen LogP contribution in [0.15, 0.2) is 48.8 Å². The molecule has 0 spiro atoms. The van der Waals surface area contributed by atoms with Crippen LogP contribution in [0.5, 0.6) is 0 Å². The van der Waals surface area contributed by atoms with E-state index in [0.29, 0.717) is 28.9 Å². The number of carbonyl (C=O) groups excluding carboxylic acids is 1. The number of amides is 1. The first-order valence-corrected chi connectivity index (χ1v) is 8.45. The van der Waals surface area contributed by atoms with Crippen molar-refractivity contribution < 1.29 is 4.79 Å². The number of rotatable bonds is 5. The summed E-state index contributed by atoms with van der Waals surface area (Å²) in [6.07, 6.45) is 3.37. The van der Waals surface area contributed by atoms with Crippen LogP contribution in [0.1, 0.15) is 27.3 Å². The quantitative estimate of drug-likeness (QED) is 0.716. The highest BCUT2D eigenvalue weighted by Crippen LogP contribution is 2.22. The topological polar surface area (TPSA) is 79.8 Å². The van der Waals surface area contributed by atoms with E-state index in [4.69, 9.17) is 11.6 Å². The monoisotopic (exact) mass is 367 g/mol. The van der Waals surface area contributed by atoms with E-state index >= 15 is 0 Å². The molecule has 2 N–H and O–H groups in total. The van der Waals surface area contributed by atoms with Gasteiger partial charge in [-0.15, -0.1) is 0 Å². The van der Waals surface area contributed by atoms with E-state index in [1.807, 2.05) is 38.1 Å². The average Bonchev–Trinajstić information content (AvgIpc) is 2.63. The van der Waals surface area contributed by atoms with Crippen LogP contribution >= 0.6 is 11.6 Å². The van der Waals surface area contributed by atoms with Crippen molar-refractivity contribution in [3.05, 3.63) is 76.3 Å². The third-order valence-corrected chi connectivity index (χ3v) is 4.12. The van der Waals surface area contributed by atoms with Crippen molar-refractivity contribution >= 4 is 29.1 Å². The summed E-state index contributed by atoms with van der Waals surface area (Å²) in [4.78, 5) is 25.0.